The maximum absolute atomic E-state index is 12.7. The van der Waals surface area contributed by atoms with E-state index in [2.05, 4.69) is 20.2 Å². The summed E-state index contributed by atoms with van der Waals surface area (Å²) in [6.45, 7) is 6.67. The molecule has 1 N–H and O–H groups in total. The van der Waals surface area contributed by atoms with Gasteiger partial charge in [-0.25, -0.2) is 9.97 Å². The summed E-state index contributed by atoms with van der Waals surface area (Å²) in [6.07, 6.45) is 3.41. The zero-order valence-electron chi connectivity index (χ0n) is 12.6. The minimum atomic E-state index is -0.459. The average Bonchev–Trinajstić information content (AvgIpc) is 3.06. The fourth-order valence-corrected chi connectivity index (χ4v) is 3.01. The number of aromatic amines is 1. The number of carbonyl (C=O) groups excluding carboxylic acids is 1. The molecule has 3 heterocycles. The van der Waals surface area contributed by atoms with Gasteiger partial charge in [-0.1, -0.05) is 0 Å². The van der Waals surface area contributed by atoms with Crippen LogP contribution in [0.2, 0.25) is 0 Å². The van der Waals surface area contributed by atoms with Gasteiger partial charge in [0, 0.05) is 24.1 Å². The summed E-state index contributed by atoms with van der Waals surface area (Å²) in [5.41, 5.74) is 1.91. The first-order valence-electron chi connectivity index (χ1n) is 7.15. The molecule has 6 nitrogen and oxygen atoms in total. The van der Waals surface area contributed by atoms with E-state index >= 15 is 0 Å². The number of H-pyrrole nitrogens is 1. The monoisotopic (exact) mass is 285 g/mol. The number of aromatic nitrogens is 4. The Kier molecular flexibility index (Phi) is 3.23. The summed E-state index contributed by atoms with van der Waals surface area (Å²) in [7, 11) is 0. The van der Waals surface area contributed by atoms with Crippen LogP contribution in [0.4, 0.5) is 0 Å². The summed E-state index contributed by atoms with van der Waals surface area (Å²) in [5, 5.41) is 6.60. The van der Waals surface area contributed by atoms with Gasteiger partial charge >= 0.3 is 0 Å². The lowest BCUT2D eigenvalue weighted by atomic mass is 9.97. The molecule has 0 aliphatic carbocycles. The van der Waals surface area contributed by atoms with Crippen molar-refractivity contribution in [3.8, 4) is 0 Å². The van der Waals surface area contributed by atoms with Crippen molar-refractivity contribution in [3.63, 3.8) is 0 Å². The summed E-state index contributed by atoms with van der Waals surface area (Å²) < 4.78 is 0. The summed E-state index contributed by atoms with van der Waals surface area (Å²) >= 11 is 0. The van der Waals surface area contributed by atoms with Gasteiger partial charge in [0.25, 0.3) is 5.91 Å². The maximum atomic E-state index is 12.7. The van der Waals surface area contributed by atoms with E-state index < -0.39 is 5.54 Å². The molecule has 0 spiro atoms. The number of aryl methyl sites for hydroxylation is 2. The SMILES string of the molecule is Cc1cc(C)nc([C@]2(C)CCCN2C(=O)c2ccn[nH]2)n1. The molecule has 1 aliphatic heterocycles. The van der Waals surface area contributed by atoms with Gasteiger partial charge < -0.3 is 4.90 Å². The second-order valence-corrected chi connectivity index (χ2v) is 5.78. The molecule has 1 aliphatic rings. The van der Waals surface area contributed by atoms with Crippen LogP contribution in [0.1, 0.15) is 47.5 Å². The van der Waals surface area contributed by atoms with E-state index in [1.807, 2.05) is 31.7 Å². The minimum absolute atomic E-state index is 0.0461. The van der Waals surface area contributed by atoms with Crippen molar-refractivity contribution in [2.45, 2.75) is 39.2 Å². The quantitative estimate of drug-likeness (QED) is 0.915. The number of hydrogen-bond acceptors (Lipinski definition) is 4. The van der Waals surface area contributed by atoms with E-state index in [0.717, 1.165) is 30.1 Å². The maximum Gasteiger partial charge on any atom is 0.272 e. The zero-order chi connectivity index (χ0) is 15.0. The van der Waals surface area contributed by atoms with Crippen LogP contribution in [0.15, 0.2) is 18.3 Å². The van der Waals surface area contributed by atoms with E-state index in [9.17, 15) is 4.79 Å². The Morgan fingerprint density at radius 3 is 2.67 bits per heavy atom. The normalized spacial score (nSPS) is 21.8. The van der Waals surface area contributed by atoms with Crippen LogP contribution in [-0.4, -0.2) is 37.5 Å². The van der Waals surface area contributed by atoms with Crippen LogP contribution in [0.5, 0.6) is 0 Å². The first-order chi connectivity index (χ1) is 10.0. The molecule has 6 heteroatoms. The van der Waals surface area contributed by atoms with E-state index in [1.165, 1.54) is 0 Å². The van der Waals surface area contributed by atoms with Crippen LogP contribution in [-0.2, 0) is 5.54 Å². The lowest BCUT2D eigenvalue weighted by molar-refractivity contribution is 0.0597. The van der Waals surface area contributed by atoms with Gasteiger partial charge in [0.05, 0.1) is 0 Å². The van der Waals surface area contributed by atoms with Gasteiger partial charge in [-0.2, -0.15) is 5.10 Å². The summed E-state index contributed by atoms with van der Waals surface area (Å²) in [4.78, 5) is 23.7. The topological polar surface area (TPSA) is 74.8 Å². The molecule has 1 atom stereocenters. The fraction of sp³-hybridized carbons (Fsp3) is 0.467. The number of rotatable bonds is 2. The number of nitrogens with zero attached hydrogens (tertiary/aromatic N) is 4. The highest BCUT2D eigenvalue weighted by Crippen LogP contribution is 2.37. The summed E-state index contributed by atoms with van der Waals surface area (Å²) in [6, 6.07) is 3.65. The lowest BCUT2D eigenvalue weighted by Gasteiger charge is -2.33. The predicted octanol–water partition coefficient (Wildman–Crippen LogP) is 1.97. The standard InChI is InChI=1S/C15H19N5O/c1-10-9-11(2)18-14(17-10)15(3)6-4-8-20(15)13(21)12-5-7-16-19-12/h5,7,9H,4,6,8H2,1-3H3,(H,16,19)/t15-/m0/s1. The number of hydrogen-bond donors (Lipinski definition) is 1. The molecule has 110 valence electrons. The minimum Gasteiger partial charge on any atom is -0.325 e. The molecule has 1 amide bonds. The fourth-order valence-electron chi connectivity index (χ4n) is 3.01. The van der Waals surface area contributed by atoms with Gasteiger partial charge in [0.2, 0.25) is 0 Å². The molecule has 0 unspecified atom stereocenters. The Balaban J connectivity index is 2.00. The number of likely N-dealkylation sites (tertiary alicyclic amines) is 1. The molecule has 2 aromatic rings. The Hall–Kier alpha value is -2.24. The van der Waals surface area contributed by atoms with Gasteiger partial charge in [-0.3, -0.25) is 9.89 Å². The Bertz CT molecular complexity index is 646. The van der Waals surface area contributed by atoms with Crippen molar-refractivity contribution in [1.29, 1.82) is 0 Å². The van der Waals surface area contributed by atoms with Crippen LogP contribution in [0.3, 0.4) is 0 Å². The smallest absolute Gasteiger partial charge is 0.272 e. The van der Waals surface area contributed by atoms with E-state index in [1.54, 1.807) is 12.3 Å². The van der Waals surface area contributed by atoms with Gasteiger partial charge in [0.1, 0.15) is 11.2 Å². The van der Waals surface area contributed by atoms with Crippen LogP contribution in [0.25, 0.3) is 0 Å². The first-order valence-corrected chi connectivity index (χ1v) is 7.15. The molecule has 0 saturated carbocycles. The van der Waals surface area contributed by atoms with E-state index in [0.29, 0.717) is 12.2 Å². The molecule has 1 saturated heterocycles. The van der Waals surface area contributed by atoms with Crippen molar-refractivity contribution >= 4 is 5.91 Å². The molecule has 2 aromatic heterocycles. The molecule has 0 aromatic carbocycles. The molecule has 0 radical (unpaired) electrons. The van der Waals surface area contributed by atoms with Crippen LogP contribution in [0, 0.1) is 13.8 Å². The second-order valence-electron chi connectivity index (χ2n) is 5.78. The molecule has 1 fully saturated rings. The van der Waals surface area contributed by atoms with Crippen molar-refractivity contribution in [3.05, 3.63) is 41.2 Å². The Morgan fingerprint density at radius 1 is 1.33 bits per heavy atom. The predicted molar refractivity (Wildman–Crippen MR) is 77.7 cm³/mol. The number of nitrogens with one attached hydrogen (secondary N) is 1. The highest BCUT2D eigenvalue weighted by molar-refractivity contribution is 5.93. The Labute approximate surface area is 123 Å². The highest BCUT2D eigenvalue weighted by Gasteiger charge is 2.44. The van der Waals surface area contributed by atoms with Crippen LogP contribution < -0.4 is 0 Å². The lowest BCUT2D eigenvalue weighted by Crippen LogP contribution is -2.44. The second kappa shape index (κ2) is 4.95. The average molecular weight is 285 g/mol. The number of amides is 1. The van der Waals surface area contributed by atoms with Gasteiger partial charge in [-0.05, 0) is 45.7 Å². The van der Waals surface area contributed by atoms with Gasteiger partial charge in [0.15, 0.2) is 5.82 Å². The van der Waals surface area contributed by atoms with Crippen molar-refractivity contribution < 1.29 is 4.79 Å². The molecular weight excluding hydrogens is 266 g/mol. The third-order valence-electron chi connectivity index (χ3n) is 4.08. The molecule has 21 heavy (non-hydrogen) atoms. The highest BCUT2D eigenvalue weighted by atomic mass is 16.2. The largest absolute Gasteiger partial charge is 0.325 e. The summed E-state index contributed by atoms with van der Waals surface area (Å²) in [5.74, 6) is 0.681. The number of carbonyl (C=O) groups is 1. The van der Waals surface area contributed by atoms with Crippen molar-refractivity contribution in [1.82, 2.24) is 25.1 Å². The third-order valence-corrected chi connectivity index (χ3v) is 4.08. The Morgan fingerprint density at radius 2 is 2.05 bits per heavy atom. The third kappa shape index (κ3) is 2.30. The zero-order valence-corrected chi connectivity index (χ0v) is 12.6. The first kappa shape index (κ1) is 13.7. The molecular formula is C15H19N5O. The van der Waals surface area contributed by atoms with E-state index in [4.69, 9.17) is 0 Å². The van der Waals surface area contributed by atoms with Crippen LogP contribution >= 0.6 is 0 Å². The molecule has 3 rings (SSSR count). The van der Waals surface area contributed by atoms with Crippen molar-refractivity contribution in [2.75, 3.05) is 6.54 Å². The van der Waals surface area contributed by atoms with E-state index in [-0.39, 0.29) is 5.91 Å². The molecule has 0 bridgehead atoms. The van der Waals surface area contributed by atoms with Gasteiger partial charge in [-0.15, -0.1) is 0 Å². The van der Waals surface area contributed by atoms with Crippen molar-refractivity contribution in [2.24, 2.45) is 0 Å².